The van der Waals surface area contributed by atoms with Crippen LogP contribution >= 0.6 is 0 Å². The summed E-state index contributed by atoms with van der Waals surface area (Å²) in [6.07, 6.45) is 8.14. The van der Waals surface area contributed by atoms with Gasteiger partial charge in [0.2, 0.25) is 0 Å². The van der Waals surface area contributed by atoms with Crippen LogP contribution in [0.3, 0.4) is 0 Å². The van der Waals surface area contributed by atoms with Crippen LogP contribution < -0.4 is 10.6 Å². The van der Waals surface area contributed by atoms with Gasteiger partial charge in [0.1, 0.15) is 5.82 Å². The van der Waals surface area contributed by atoms with Crippen molar-refractivity contribution in [3.8, 4) is 0 Å². The van der Waals surface area contributed by atoms with Crippen LogP contribution in [0.2, 0.25) is 0 Å². The van der Waals surface area contributed by atoms with E-state index >= 15 is 0 Å². The monoisotopic (exact) mass is 413 g/mol. The lowest BCUT2D eigenvalue weighted by Crippen LogP contribution is -2.38. The fraction of sp³-hybridized carbons (Fsp3) is 0.565. The van der Waals surface area contributed by atoms with Crippen LogP contribution in [0.4, 0.5) is 0 Å². The normalized spacial score (nSPS) is 16.7. The summed E-state index contributed by atoms with van der Waals surface area (Å²) in [4.78, 5) is 8.79. The summed E-state index contributed by atoms with van der Waals surface area (Å²) in [5.74, 6) is 2.38. The zero-order valence-corrected chi connectivity index (χ0v) is 18.1. The maximum absolute atomic E-state index is 5.74. The Labute approximate surface area is 179 Å². The largest absolute Gasteiger partial charge is 0.381 e. The Morgan fingerprint density at radius 3 is 2.97 bits per heavy atom. The van der Waals surface area contributed by atoms with Crippen molar-refractivity contribution in [1.82, 2.24) is 20.2 Å². The molecule has 2 heterocycles. The average Bonchev–Trinajstić information content (AvgIpc) is 3.45. The van der Waals surface area contributed by atoms with Crippen LogP contribution in [0.15, 0.2) is 47.7 Å². The first kappa shape index (κ1) is 22.3. The molecule has 0 amide bonds. The molecule has 0 radical (unpaired) electrons. The van der Waals surface area contributed by atoms with Gasteiger partial charge in [0.25, 0.3) is 0 Å². The van der Waals surface area contributed by atoms with Crippen molar-refractivity contribution < 1.29 is 9.47 Å². The molecular formula is C23H35N5O2. The molecule has 7 nitrogen and oxygen atoms in total. The number of aryl methyl sites for hydroxylation is 2. The average molecular weight is 414 g/mol. The number of rotatable bonds is 12. The van der Waals surface area contributed by atoms with Gasteiger partial charge in [-0.15, -0.1) is 0 Å². The molecule has 1 atom stereocenters. The Bertz CT molecular complexity index is 741. The number of nitrogens with one attached hydrogen (secondary N) is 2. The SMILES string of the molecule is CN=C(NCCCOCC1CCOC1)NCc1nccn1CCCc1ccccc1. The molecule has 3 rings (SSSR count). The van der Waals surface area contributed by atoms with Gasteiger partial charge < -0.3 is 24.7 Å². The molecule has 0 spiro atoms. The number of imidazole rings is 1. The Morgan fingerprint density at radius 1 is 1.27 bits per heavy atom. The first-order valence-electron chi connectivity index (χ1n) is 11.0. The number of ether oxygens (including phenoxy) is 2. The van der Waals surface area contributed by atoms with E-state index < -0.39 is 0 Å². The van der Waals surface area contributed by atoms with Crippen molar-refractivity contribution in [3.63, 3.8) is 0 Å². The van der Waals surface area contributed by atoms with Gasteiger partial charge in [-0.1, -0.05) is 30.3 Å². The molecule has 2 N–H and O–H groups in total. The van der Waals surface area contributed by atoms with E-state index in [1.807, 2.05) is 12.4 Å². The summed E-state index contributed by atoms with van der Waals surface area (Å²) in [5.41, 5.74) is 1.38. The first-order chi connectivity index (χ1) is 14.8. The molecule has 1 aliphatic heterocycles. The quantitative estimate of drug-likeness (QED) is 0.318. The van der Waals surface area contributed by atoms with Crippen LogP contribution in [0.1, 0.15) is 30.7 Å². The highest BCUT2D eigenvalue weighted by molar-refractivity contribution is 5.79. The van der Waals surface area contributed by atoms with E-state index in [1.165, 1.54) is 5.56 Å². The van der Waals surface area contributed by atoms with E-state index in [-0.39, 0.29) is 0 Å². The second-order valence-electron chi connectivity index (χ2n) is 7.64. The van der Waals surface area contributed by atoms with Crippen molar-refractivity contribution in [2.24, 2.45) is 10.9 Å². The summed E-state index contributed by atoms with van der Waals surface area (Å²) in [6, 6.07) is 10.6. The van der Waals surface area contributed by atoms with Gasteiger partial charge in [0.05, 0.1) is 19.8 Å². The van der Waals surface area contributed by atoms with E-state index in [9.17, 15) is 0 Å². The van der Waals surface area contributed by atoms with Crippen molar-refractivity contribution in [1.29, 1.82) is 0 Å². The van der Waals surface area contributed by atoms with Crippen LogP contribution in [0, 0.1) is 5.92 Å². The van der Waals surface area contributed by atoms with E-state index in [1.54, 1.807) is 7.05 Å². The van der Waals surface area contributed by atoms with Crippen LogP contribution in [-0.4, -0.2) is 55.5 Å². The number of nitrogens with zero attached hydrogens (tertiary/aromatic N) is 3. The van der Waals surface area contributed by atoms with Crippen LogP contribution in [0.25, 0.3) is 0 Å². The molecule has 1 saturated heterocycles. The third-order valence-corrected chi connectivity index (χ3v) is 5.28. The Kier molecular flexibility index (Phi) is 9.69. The highest BCUT2D eigenvalue weighted by atomic mass is 16.5. The molecule has 1 aliphatic rings. The summed E-state index contributed by atoms with van der Waals surface area (Å²) in [6.45, 7) is 5.72. The predicted molar refractivity (Wildman–Crippen MR) is 120 cm³/mol. The van der Waals surface area contributed by atoms with Gasteiger partial charge in [-0.3, -0.25) is 4.99 Å². The predicted octanol–water partition coefficient (Wildman–Crippen LogP) is 2.62. The second kappa shape index (κ2) is 13.0. The van der Waals surface area contributed by atoms with Gasteiger partial charge in [-0.25, -0.2) is 4.98 Å². The minimum atomic E-state index is 0.573. The minimum absolute atomic E-state index is 0.573. The fourth-order valence-electron chi connectivity index (χ4n) is 3.54. The Balaban J connectivity index is 1.29. The maximum atomic E-state index is 5.74. The summed E-state index contributed by atoms with van der Waals surface area (Å²) >= 11 is 0. The third kappa shape index (κ3) is 7.80. The minimum Gasteiger partial charge on any atom is -0.381 e. The molecule has 2 aromatic rings. The number of hydrogen-bond acceptors (Lipinski definition) is 4. The van der Waals surface area contributed by atoms with E-state index in [2.05, 4.69) is 55.5 Å². The van der Waals surface area contributed by atoms with Crippen molar-refractivity contribution in [2.75, 3.05) is 40.0 Å². The van der Waals surface area contributed by atoms with Gasteiger partial charge in [-0.05, 0) is 31.2 Å². The molecule has 0 aliphatic carbocycles. The summed E-state index contributed by atoms with van der Waals surface area (Å²) in [7, 11) is 1.79. The highest BCUT2D eigenvalue weighted by Crippen LogP contribution is 2.12. The lowest BCUT2D eigenvalue weighted by atomic mass is 10.1. The smallest absolute Gasteiger partial charge is 0.191 e. The molecule has 30 heavy (non-hydrogen) atoms. The van der Waals surface area contributed by atoms with Crippen LogP contribution in [-0.2, 0) is 29.0 Å². The molecule has 0 saturated carbocycles. The molecule has 1 unspecified atom stereocenters. The van der Waals surface area contributed by atoms with Crippen LogP contribution in [0.5, 0.6) is 0 Å². The van der Waals surface area contributed by atoms with Crippen molar-refractivity contribution in [3.05, 3.63) is 54.1 Å². The molecule has 164 valence electrons. The number of guanidine groups is 1. The number of aromatic nitrogens is 2. The third-order valence-electron chi connectivity index (χ3n) is 5.28. The highest BCUT2D eigenvalue weighted by Gasteiger charge is 2.15. The van der Waals surface area contributed by atoms with E-state index in [0.717, 1.165) is 77.0 Å². The van der Waals surface area contributed by atoms with Crippen molar-refractivity contribution >= 4 is 5.96 Å². The Morgan fingerprint density at radius 2 is 2.17 bits per heavy atom. The summed E-state index contributed by atoms with van der Waals surface area (Å²) in [5, 5.41) is 6.70. The lowest BCUT2D eigenvalue weighted by Gasteiger charge is -2.13. The molecule has 0 bridgehead atoms. The first-order valence-corrected chi connectivity index (χ1v) is 11.0. The number of aliphatic imine (C=N–C) groups is 1. The fourth-order valence-corrected chi connectivity index (χ4v) is 3.54. The maximum Gasteiger partial charge on any atom is 0.191 e. The number of hydrogen-bond donors (Lipinski definition) is 2. The molecule has 1 fully saturated rings. The molecule has 1 aromatic heterocycles. The van der Waals surface area contributed by atoms with E-state index in [0.29, 0.717) is 12.5 Å². The lowest BCUT2D eigenvalue weighted by molar-refractivity contribution is 0.0888. The number of benzene rings is 1. The van der Waals surface area contributed by atoms with E-state index in [4.69, 9.17) is 9.47 Å². The zero-order valence-electron chi connectivity index (χ0n) is 18.1. The van der Waals surface area contributed by atoms with Gasteiger partial charge in [-0.2, -0.15) is 0 Å². The van der Waals surface area contributed by atoms with Gasteiger partial charge >= 0.3 is 0 Å². The molecule has 7 heteroatoms. The van der Waals surface area contributed by atoms with Gasteiger partial charge in [0.15, 0.2) is 5.96 Å². The topological polar surface area (TPSA) is 72.7 Å². The standard InChI is InChI=1S/C23H35N5O2/c1-24-23(26-11-6-15-29-18-21-10-16-30-19-21)27-17-22-25-12-14-28(22)13-5-9-20-7-3-2-4-8-20/h2-4,7-8,12,14,21H,5-6,9-11,13,15-19H2,1H3,(H2,24,26,27). The second-order valence-corrected chi connectivity index (χ2v) is 7.64. The molecule has 1 aromatic carbocycles. The summed E-state index contributed by atoms with van der Waals surface area (Å²) < 4.78 is 13.3. The zero-order chi connectivity index (χ0) is 20.9. The molecular weight excluding hydrogens is 378 g/mol. The van der Waals surface area contributed by atoms with Crippen molar-refractivity contribution in [2.45, 2.75) is 38.8 Å². The van der Waals surface area contributed by atoms with Gasteiger partial charge in [0, 0.05) is 51.7 Å². The Hall–Kier alpha value is -2.38.